The Labute approximate surface area is 344 Å². The molecule has 0 saturated heterocycles. The van der Waals surface area contributed by atoms with Crippen molar-refractivity contribution >= 4 is 119 Å². The maximum Gasteiger partial charge on any atom is 0.0632 e. The van der Waals surface area contributed by atoms with Crippen molar-refractivity contribution in [2.24, 2.45) is 0 Å². The summed E-state index contributed by atoms with van der Waals surface area (Å²) >= 11 is 0. The average Bonchev–Trinajstić information content (AvgIpc) is 3.85. The number of aromatic nitrogens is 2. The van der Waals surface area contributed by atoms with E-state index in [-0.39, 0.29) is 0 Å². The molecule has 0 aliphatic carbocycles. The summed E-state index contributed by atoms with van der Waals surface area (Å²) in [6.07, 6.45) is 0. The molecule has 276 valence electrons. The molecule has 12 aromatic carbocycles. The van der Waals surface area contributed by atoms with Crippen molar-refractivity contribution in [3.63, 3.8) is 0 Å². The van der Waals surface area contributed by atoms with Crippen LogP contribution in [0.3, 0.4) is 0 Å². The molecule has 2 heteroatoms. The standard InChI is InChI=1S/C58H34N2/c1-3-19-37-35(17-1)33-51(41-23-7-5-21-39(37)41)59-50-32-16-14-30-48(50)56-54-44-26-10-9-25-43(44)53-47-29-13-15-31-49(47)60(58(53)55(54)45-27-11-12-28-46(45)57(56)59)52-34-36-18-2-4-20-38(36)40-22-6-8-24-42(40)52/h1-34H. The normalized spacial score (nSPS) is 12.3. The van der Waals surface area contributed by atoms with E-state index in [1.807, 2.05) is 0 Å². The summed E-state index contributed by atoms with van der Waals surface area (Å²) in [5, 5.41) is 22.7. The topological polar surface area (TPSA) is 9.86 Å². The molecule has 0 spiro atoms. The molecule has 14 aromatic rings. The second kappa shape index (κ2) is 11.8. The maximum atomic E-state index is 2.60. The Morgan fingerprint density at radius 1 is 0.217 bits per heavy atom. The zero-order chi connectivity index (χ0) is 39.1. The molecule has 0 aliphatic rings. The first-order chi connectivity index (χ1) is 29.8. The monoisotopic (exact) mass is 758 g/mol. The highest BCUT2D eigenvalue weighted by Gasteiger charge is 2.27. The first-order valence-corrected chi connectivity index (χ1v) is 20.9. The van der Waals surface area contributed by atoms with Crippen LogP contribution < -0.4 is 0 Å². The fourth-order valence-electron chi connectivity index (χ4n) is 11.0. The Bertz CT molecular complexity index is 4180. The summed E-state index contributed by atoms with van der Waals surface area (Å²) in [5.41, 5.74) is 7.29. The molecule has 2 heterocycles. The minimum absolute atomic E-state index is 1.20. The number of fused-ring (bicyclic) bond motifs is 21. The van der Waals surface area contributed by atoms with Gasteiger partial charge in [0.25, 0.3) is 0 Å². The predicted molar refractivity (Wildman–Crippen MR) is 258 cm³/mol. The Hall–Kier alpha value is -7.94. The van der Waals surface area contributed by atoms with Gasteiger partial charge in [0.1, 0.15) is 0 Å². The molecule has 0 fully saturated rings. The first kappa shape index (κ1) is 32.1. The fourth-order valence-corrected chi connectivity index (χ4v) is 11.0. The predicted octanol–water partition coefficient (Wildman–Crippen LogP) is 16.0. The van der Waals surface area contributed by atoms with Crippen LogP contribution in [-0.2, 0) is 0 Å². The van der Waals surface area contributed by atoms with Gasteiger partial charge in [0, 0.05) is 48.5 Å². The number of nitrogens with zero attached hydrogens (tertiary/aromatic N) is 2. The van der Waals surface area contributed by atoms with Gasteiger partial charge >= 0.3 is 0 Å². The van der Waals surface area contributed by atoms with Gasteiger partial charge in [-0.05, 0) is 72.7 Å². The fraction of sp³-hybridized carbons (Fsp3) is 0. The number of para-hydroxylation sites is 2. The second-order valence-electron chi connectivity index (χ2n) is 16.3. The lowest BCUT2D eigenvalue weighted by atomic mass is 9.90. The summed E-state index contributed by atoms with van der Waals surface area (Å²) < 4.78 is 5.18. The van der Waals surface area contributed by atoms with Gasteiger partial charge in [0.2, 0.25) is 0 Å². The largest absolute Gasteiger partial charge is 0.308 e. The SMILES string of the molecule is c1ccc2c(c1)cc(-n1c3ccccc3c3c4c5ccccc5c5c6ccccc6n(-c6cc7ccccc7c7ccccc67)c5c4c4ccccc4c31)c1ccccc12. The molecule has 0 amide bonds. The Kier molecular flexibility index (Phi) is 6.32. The van der Waals surface area contributed by atoms with Crippen LogP contribution in [0.15, 0.2) is 206 Å². The van der Waals surface area contributed by atoms with Crippen LogP contribution in [0.25, 0.3) is 130 Å². The molecule has 0 saturated carbocycles. The average molecular weight is 759 g/mol. The van der Waals surface area contributed by atoms with Crippen LogP contribution in [0.4, 0.5) is 0 Å². The molecular weight excluding hydrogens is 725 g/mol. The van der Waals surface area contributed by atoms with Gasteiger partial charge in [-0.2, -0.15) is 0 Å². The molecule has 0 unspecified atom stereocenters. The van der Waals surface area contributed by atoms with E-state index >= 15 is 0 Å². The van der Waals surface area contributed by atoms with Gasteiger partial charge in [0.15, 0.2) is 0 Å². The molecule has 0 atom stereocenters. The van der Waals surface area contributed by atoms with Crippen molar-refractivity contribution in [2.75, 3.05) is 0 Å². The minimum atomic E-state index is 1.20. The van der Waals surface area contributed by atoms with Crippen LogP contribution in [0, 0.1) is 0 Å². The quantitative estimate of drug-likeness (QED) is 0.155. The van der Waals surface area contributed by atoms with Gasteiger partial charge in [-0.15, -0.1) is 0 Å². The van der Waals surface area contributed by atoms with E-state index in [4.69, 9.17) is 0 Å². The van der Waals surface area contributed by atoms with E-state index in [9.17, 15) is 0 Å². The Balaban J connectivity index is 1.29. The number of hydrogen-bond acceptors (Lipinski definition) is 0. The zero-order valence-electron chi connectivity index (χ0n) is 32.5. The van der Waals surface area contributed by atoms with Gasteiger partial charge in [-0.1, -0.05) is 182 Å². The van der Waals surface area contributed by atoms with Crippen LogP contribution in [-0.4, -0.2) is 9.13 Å². The first-order valence-electron chi connectivity index (χ1n) is 20.9. The summed E-state index contributed by atoms with van der Waals surface area (Å²) in [4.78, 5) is 0. The third-order valence-electron chi connectivity index (χ3n) is 13.4. The summed E-state index contributed by atoms with van der Waals surface area (Å²) in [7, 11) is 0. The van der Waals surface area contributed by atoms with Crippen molar-refractivity contribution in [3.8, 4) is 11.4 Å². The smallest absolute Gasteiger partial charge is 0.0632 e. The molecule has 0 radical (unpaired) electrons. The lowest BCUT2D eigenvalue weighted by molar-refractivity contribution is 1.21. The number of hydrogen-bond donors (Lipinski definition) is 0. The van der Waals surface area contributed by atoms with Gasteiger partial charge in [-0.3, -0.25) is 0 Å². The van der Waals surface area contributed by atoms with Crippen molar-refractivity contribution < 1.29 is 0 Å². The van der Waals surface area contributed by atoms with Crippen LogP contribution in [0.5, 0.6) is 0 Å². The Morgan fingerprint density at radius 2 is 0.550 bits per heavy atom. The number of benzene rings is 12. The van der Waals surface area contributed by atoms with Crippen LogP contribution >= 0.6 is 0 Å². The molecule has 14 rings (SSSR count). The Morgan fingerprint density at radius 3 is 1.08 bits per heavy atom. The van der Waals surface area contributed by atoms with Crippen molar-refractivity contribution in [1.29, 1.82) is 0 Å². The van der Waals surface area contributed by atoms with Crippen molar-refractivity contribution in [2.45, 2.75) is 0 Å². The van der Waals surface area contributed by atoms with Gasteiger partial charge < -0.3 is 9.13 Å². The second-order valence-corrected chi connectivity index (χ2v) is 16.3. The summed E-state index contributed by atoms with van der Waals surface area (Å²) in [6.45, 7) is 0. The zero-order valence-corrected chi connectivity index (χ0v) is 32.5. The molecular formula is C58H34N2. The van der Waals surface area contributed by atoms with Gasteiger partial charge in [0.05, 0.1) is 33.4 Å². The van der Waals surface area contributed by atoms with Crippen molar-refractivity contribution in [3.05, 3.63) is 206 Å². The highest BCUT2D eigenvalue weighted by molar-refractivity contribution is 6.45. The van der Waals surface area contributed by atoms with E-state index in [0.717, 1.165) is 0 Å². The minimum Gasteiger partial charge on any atom is -0.308 e. The molecule has 2 aromatic heterocycles. The molecule has 0 aliphatic heterocycles. The van der Waals surface area contributed by atoms with E-state index in [2.05, 4.69) is 215 Å². The number of rotatable bonds is 2. The molecule has 2 nitrogen and oxygen atoms in total. The van der Waals surface area contributed by atoms with Crippen molar-refractivity contribution in [1.82, 2.24) is 9.13 Å². The summed E-state index contributed by atoms with van der Waals surface area (Å²) in [5.74, 6) is 0. The maximum absolute atomic E-state index is 2.60. The van der Waals surface area contributed by atoms with E-state index in [1.54, 1.807) is 0 Å². The molecule has 0 bridgehead atoms. The highest BCUT2D eigenvalue weighted by atomic mass is 15.0. The van der Waals surface area contributed by atoms with Gasteiger partial charge in [-0.25, -0.2) is 0 Å². The third kappa shape index (κ3) is 4.07. The third-order valence-corrected chi connectivity index (χ3v) is 13.4. The van der Waals surface area contributed by atoms with Crippen LogP contribution in [0.1, 0.15) is 0 Å². The highest BCUT2D eigenvalue weighted by Crippen LogP contribution is 2.51. The van der Waals surface area contributed by atoms with Crippen LogP contribution in [0.2, 0.25) is 0 Å². The molecule has 60 heavy (non-hydrogen) atoms. The van der Waals surface area contributed by atoms with E-state index in [0.29, 0.717) is 0 Å². The lowest BCUT2D eigenvalue weighted by Gasteiger charge is -2.19. The summed E-state index contributed by atoms with van der Waals surface area (Å²) in [6, 6.07) is 76.8. The van der Waals surface area contributed by atoms with E-state index < -0.39 is 0 Å². The molecule has 0 N–H and O–H groups in total. The van der Waals surface area contributed by atoms with E-state index in [1.165, 1.54) is 130 Å². The lowest BCUT2D eigenvalue weighted by Crippen LogP contribution is -1.99.